The fraction of sp³-hybridized carbons (Fsp3) is 0.214. The van der Waals surface area contributed by atoms with Crippen LogP contribution >= 0.6 is 0 Å². The highest BCUT2D eigenvalue weighted by Gasteiger charge is 2.18. The van der Waals surface area contributed by atoms with E-state index in [1.165, 1.54) is 11.9 Å². The molecule has 5 heteroatoms. The number of amides is 1. The standard InChI is InChI=1S/C14H14N4O/c15-14(19)11-2-1-10-3-4-18(8-12(10)5-11)13-6-16-9-17-7-13/h1-2,5-7,9H,3-4,8H2,(H2,15,19). The van der Waals surface area contributed by atoms with Crippen LogP contribution in [0.1, 0.15) is 21.5 Å². The van der Waals surface area contributed by atoms with Gasteiger partial charge in [-0.2, -0.15) is 0 Å². The van der Waals surface area contributed by atoms with Crippen LogP contribution in [0.3, 0.4) is 0 Å². The lowest BCUT2D eigenvalue weighted by atomic mass is 9.97. The number of rotatable bonds is 2. The minimum Gasteiger partial charge on any atom is -0.366 e. The molecule has 0 saturated heterocycles. The van der Waals surface area contributed by atoms with E-state index in [1.807, 2.05) is 12.1 Å². The normalized spacial score (nSPS) is 14.0. The first-order valence-electron chi connectivity index (χ1n) is 6.15. The first-order valence-corrected chi connectivity index (χ1v) is 6.15. The number of fused-ring (bicyclic) bond motifs is 1. The van der Waals surface area contributed by atoms with E-state index in [0.29, 0.717) is 5.56 Å². The van der Waals surface area contributed by atoms with Crippen LogP contribution in [0.15, 0.2) is 36.9 Å². The molecule has 2 heterocycles. The third kappa shape index (κ3) is 2.27. The van der Waals surface area contributed by atoms with E-state index >= 15 is 0 Å². The van der Waals surface area contributed by atoms with Gasteiger partial charge in [-0.25, -0.2) is 9.97 Å². The van der Waals surface area contributed by atoms with Gasteiger partial charge in [0.15, 0.2) is 0 Å². The van der Waals surface area contributed by atoms with E-state index in [1.54, 1.807) is 18.5 Å². The molecule has 3 rings (SSSR count). The molecule has 1 amide bonds. The smallest absolute Gasteiger partial charge is 0.248 e. The van der Waals surface area contributed by atoms with Gasteiger partial charge in [0.25, 0.3) is 0 Å². The number of primary amides is 1. The van der Waals surface area contributed by atoms with Crippen LogP contribution in [0.5, 0.6) is 0 Å². The SMILES string of the molecule is NC(=O)c1ccc2c(c1)CN(c1cncnc1)CC2. The molecule has 0 radical (unpaired) electrons. The molecule has 0 bridgehead atoms. The summed E-state index contributed by atoms with van der Waals surface area (Å²) in [7, 11) is 0. The Morgan fingerprint density at radius 1 is 1.21 bits per heavy atom. The van der Waals surface area contributed by atoms with Crippen molar-refractivity contribution in [3.8, 4) is 0 Å². The average molecular weight is 254 g/mol. The molecule has 1 aliphatic rings. The molecule has 5 nitrogen and oxygen atoms in total. The van der Waals surface area contributed by atoms with Crippen molar-refractivity contribution in [3.05, 3.63) is 53.6 Å². The van der Waals surface area contributed by atoms with Crippen molar-refractivity contribution in [2.24, 2.45) is 5.73 Å². The fourth-order valence-corrected chi connectivity index (χ4v) is 2.39. The van der Waals surface area contributed by atoms with Crippen LogP contribution < -0.4 is 10.6 Å². The van der Waals surface area contributed by atoms with Gasteiger partial charge in [-0.05, 0) is 29.7 Å². The molecule has 0 fully saturated rings. The largest absolute Gasteiger partial charge is 0.366 e. The quantitative estimate of drug-likeness (QED) is 0.872. The fourth-order valence-electron chi connectivity index (χ4n) is 2.39. The van der Waals surface area contributed by atoms with Crippen molar-refractivity contribution >= 4 is 11.6 Å². The monoisotopic (exact) mass is 254 g/mol. The van der Waals surface area contributed by atoms with Gasteiger partial charge >= 0.3 is 0 Å². The molecule has 2 aromatic rings. The molecule has 1 aromatic heterocycles. The second-order valence-electron chi connectivity index (χ2n) is 4.62. The van der Waals surface area contributed by atoms with Crippen molar-refractivity contribution in [2.75, 3.05) is 11.4 Å². The average Bonchev–Trinajstić information content (AvgIpc) is 2.47. The van der Waals surface area contributed by atoms with Crippen LogP contribution in [0, 0.1) is 0 Å². The predicted molar refractivity (Wildman–Crippen MR) is 71.7 cm³/mol. The molecule has 0 aliphatic carbocycles. The molecule has 19 heavy (non-hydrogen) atoms. The van der Waals surface area contributed by atoms with Gasteiger partial charge in [0.2, 0.25) is 5.91 Å². The van der Waals surface area contributed by atoms with E-state index < -0.39 is 0 Å². The van der Waals surface area contributed by atoms with Crippen molar-refractivity contribution in [1.29, 1.82) is 0 Å². The highest BCUT2D eigenvalue weighted by molar-refractivity contribution is 5.93. The Balaban J connectivity index is 1.90. The predicted octanol–water partition coefficient (Wildman–Crippen LogP) is 1.14. The highest BCUT2D eigenvalue weighted by atomic mass is 16.1. The maximum Gasteiger partial charge on any atom is 0.248 e. The van der Waals surface area contributed by atoms with E-state index in [2.05, 4.69) is 14.9 Å². The van der Waals surface area contributed by atoms with Crippen LogP contribution in [-0.4, -0.2) is 22.4 Å². The van der Waals surface area contributed by atoms with Crippen molar-refractivity contribution in [1.82, 2.24) is 9.97 Å². The molecule has 0 spiro atoms. The highest BCUT2D eigenvalue weighted by Crippen LogP contribution is 2.24. The summed E-state index contributed by atoms with van der Waals surface area (Å²) in [4.78, 5) is 21.5. The van der Waals surface area contributed by atoms with E-state index in [0.717, 1.165) is 30.8 Å². The van der Waals surface area contributed by atoms with Gasteiger partial charge in [0.05, 0.1) is 18.1 Å². The number of hydrogen-bond donors (Lipinski definition) is 1. The van der Waals surface area contributed by atoms with Crippen LogP contribution in [-0.2, 0) is 13.0 Å². The molecule has 1 aliphatic heterocycles. The minimum atomic E-state index is -0.386. The number of nitrogens with zero attached hydrogens (tertiary/aromatic N) is 3. The number of nitrogens with two attached hydrogens (primary N) is 1. The number of hydrogen-bond acceptors (Lipinski definition) is 4. The summed E-state index contributed by atoms with van der Waals surface area (Å²) in [5.74, 6) is -0.386. The summed E-state index contributed by atoms with van der Waals surface area (Å²) in [6.07, 6.45) is 6.07. The second kappa shape index (κ2) is 4.68. The van der Waals surface area contributed by atoms with E-state index in [-0.39, 0.29) is 5.91 Å². The Morgan fingerprint density at radius 2 is 2.00 bits per heavy atom. The third-order valence-electron chi connectivity index (χ3n) is 3.42. The van der Waals surface area contributed by atoms with Crippen LogP contribution in [0.2, 0.25) is 0 Å². The molecule has 0 atom stereocenters. The maximum atomic E-state index is 11.2. The van der Waals surface area contributed by atoms with E-state index in [4.69, 9.17) is 5.73 Å². The van der Waals surface area contributed by atoms with Gasteiger partial charge in [0.1, 0.15) is 6.33 Å². The molecule has 2 N–H and O–H groups in total. The zero-order valence-electron chi connectivity index (χ0n) is 10.4. The lowest BCUT2D eigenvalue weighted by Crippen LogP contribution is -2.30. The Labute approximate surface area is 111 Å². The number of benzene rings is 1. The Hall–Kier alpha value is -2.43. The van der Waals surface area contributed by atoms with E-state index in [9.17, 15) is 4.79 Å². The Bertz CT molecular complexity index is 612. The molecular weight excluding hydrogens is 240 g/mol. The molecule has 0 unspecified atom stereocenters. The molecule has 1 aromatic carbocycles. The third-order valence-corrected chi connectivity index (χ3v) is 3.42. The van der Waals surface area contributed by atoms with Gasteiger partial charge in [-0.1, -0.05) is 6.07 Å². The van der Waals surface area contributed by atoms with Gasteiger partial charge in [0, 0.05) is 18.7 Å². The van der Waals surface area contributed by atoms with Gasteiger partial charge in [-0.15, -0.1) is 0 Å². The van der Waals surface area contributed by atoms with Crippen LogP contribution in [0.4, 0.5) is 5.69 Å². The molecular formula is C14H14N4O. The van der Waals surface area contributed by atoms with Gasteiger partial charge < -0.3 is 10.6 Å². The van der Waals surface area contributed by atoms with Crippen molar-refractivity contribution < 1.29 is 4.79 Å². The first kappa shape index (κ1) is 11.6. The maximum absolute atomic E-state index is 11.2. The lowest BCUT2D eigenvalue weighted by molar-refractivity contribution is 0.1000. The zero-order valence-corrected chi connectivity index (χ0v) is 10.4. The lowest BCUT2D eigenvalue weighted by Gasteiger charge is -2.30. The zero-order chi connectivity index (χ0) is 13.2. The summed E-state index contributed by atoms with van der Waals surface area (Å²) < 4.78 is 0. The summed E-state index contributed by atoms with van der Waals surface area (Å²) >= 11 is 0. The topological polar surface area (TPSA) is 72.1 Å². The van der Waals surface area contributed by atoms with Crippen molar-refractivity contribution in [3.63, 3.8) is 0 Å². The Morgan fingerprint density at radius 3 is 2.74 bits per heavy atom. The Kier molecular flexibility index (Phi) is 2.87. The number of carbonyl (C=O) groups excluding carboxylic acids is 1. The first-order chi connectivity index (χ1) is 9.24. The summed E-state index contributed by atoms with van der Waals surface area (Å²) in [6.45, 7) is 1.68. The van der Waals surface area contributed by atoms with Crippen molar-refractivity contribution in [2.45, 2.75) is 13.0 Å². The minimum absolute atomic E-state index is 0.386. The molecule has 96 valence electrons. The van der Waals surface area contributed by atoms with Gasteiger partial charge in [-0.3, -0.25) is 4.79 Å². The second-order valence-corrected chi connectivity index (χ2v) is 4.62. The van der Waals surface area contributed by atoms with Crippen LogP contribution in [0.25, 0.3) is 0 Å². The summed E-state index contributed by atoms with van der Waals surface area (Å²) in [6, 6.07) is 5.67. The number of aromatic nitrogens is 2. The molecule has 0 saturated carbocycles. The summed E-state index contributed by atoms with van der Waals surface area (Å²) in [5, 5.41) is 0. The number of carbonyl (C=O) groups is 1. The summed E-state index contributed by atoms with van der Waals surface area (Å²) in [5.41, 5.74) is 9.30. The number of anilines is 1.